The second kappa shape index (κ2) is 10.7. The van der Waals surface area contributed by atoms with Crippen LogP contribution < -0.4 is 14.8 Å². The summed E-state index contributed by atoms with van der Waals surface area (Å²) in [7, 11) is 1.65. The van der Waals surface area contributed by atoms with Gasteiger partial charge in [0, 0.05) is 22.4 Å². The molecule has 7 nitrogen and oxygen atoms in total. The third-order valence-corrected chi connectivity index (χ3v) is 6.85. The maximum atomic E-state index is 12.8. The number of hydrogen-bond acceptors (Lipinski definition) is 5. The Hall–Kier alpha value is -2.33. The maximum Gasteiger partial charge on any atom is 0.232 e. The molecule has 3 atom stereocenters. The molecule has 1 amide bonds. The molecule has 1 aromatic carbocycles. The zero-order chi connectivity index (χ0) is 24.2. The van der Waals surface area contributed by atoms with E-state index in [-0.39, 0.29) is 18.0 Å². The molecule has 2 unspecified atom stereocenters. The largest absolute Gasteiger partial charge is 0.497 e. The fourth-order valence-corrected chi connectivity index (χ4v) is 4.77. The number of allylic oxidation sites excluding steroid dienone is 1. The Morgan fingerprint density at radius 3 is 2.73 bits per heavy atom. The molecule has 0 saturated carbocycles. The summed E-state index contributed by atoms with van der Waals surface area (Å²) >= 11 is -0.529. The van der Waals surface area contributed by atoms with E-state index in [1.807, 2.05) is 69.5 Å². The van der Waals surface area contributed by atoms with Gasteiger partial charge in [0.05, 0.1) is 18.8 Å². The van der Waals surface area contributed by atoms with Crippen LogP contribution in [-0.2, 0) is 16.1 Å². The molecule has 0 saturated heterocycles. The van der Waals surface area contributed by atoms with Gasteiger partial charge in [-0.1, -0.05) is 39.0 Å². The highest BCUT2D eigenvalue weighted by Gasteiger charge is 2.27. The third kappa shape index (κ3) is 6.83. The lowest BCUT2D eigenvalue weighted by molar-refractivity contribution is -0.129. The zero-order valence-corrected chi connectivity index (χ0v) is 21.2. The summed E-state index contributed by atoms with van der Waals surface area (Å²) in [6.45, 7) is 7.69. The van der Waals surface area contributed by atoms with Crippen LogP contribution in [0.3, 0.4) is 0 Å². The smallest absolute Gasteiger partial charge is 0.232 e. The lowest BCUT2D eigenvalue weighted by Gasteiger charge is -2.24. The molecule has 2 aromatic rings. The molecule has 0 radical (unpaired) electrons. The van der Waals surface area contributed by atoms with Gasteiger partial charge in [-0.3, -0.25) is 9.35 Å². The highest BCUT2D eigenvalue weighted by Crippen LogP contribution is 2.33. The topological polar surface area (TPSA) is 101 Å². The van der Waals surface area contributed by atoms with Crippen LogP contribution in [0.1, 0.15) is 50.2 Å². The van der Waals surface area contributed by atoms with Gasteiger partial charge < -0.3 is 10.1 Å². The first kappa shape index (κ1) is 25.3. The first-order valence-electron chi connectivity index (χ1n) is 10.7. The van der Waals surface area contributed by atoms with Crippen molar-refractivity contribution in [3.8, 4) is 17.0 Å². The van der Waals surface area contributed by atoms with Crippen molar-refractivity contribution in [2.75, 3.05) is 7.11 Å². The molecule has 1 aliphatic carbocycles. The molecule has 1 aromatic heterocycles. The van der Waals surface area contributed by atoms with E-state index in [1.54, 1.807) is 7.11 Å². The number of ether oxygens (including phenoxy) is 1. The van der Waals surface area contributed by atoms with E-state index >= 15 is 0 Å². The van der Waals surface area contributed by atoms with Crippen molar-refractivity contribution in [2.24, 2.45) is 5.41 Å². The second-order valence-corrected chi connectivity index (χ2v) is 10.7. The third-order valence-electron chi connectivity index (χ3n) is 5.38. The molecule has 9 heteroatoms. The number of carbonyl (C=O) groups is 1. The molecule has 1 aliphatic rings. The van der Waals surface area contributed by atoms with Gasteiger partial charge in [0.25, 0.3) is 0 Å². The fourth-order valence-electron chi connectivity index (χ4n) is 3.47. The minimum absolute atomic E-state index is 0.0412. The molecule has 0 spiro atoms. The number of hydrogen-bond donors (Lipinski definition) is 3. The molecule has 0 aliphatic heterocycles. The Labute approximate surface area is 201 Å². The number of nitrogens with one attached hydrogen (secondary N) is 2. The first-order chi connectivity index (χ1) is 15.6. The predicted molar refractivity (Wildman–Crippen MR) is 133 cm³/mol. The van der Waals surface area contributed by atoms with Crippen LogP contribution in [0.25, 0.3) is 11.3 Å². The van der Waals surface area contributed by atoms with Crippen LogP contribution >= 0.6 is 11.3 Å². The van der Waals surface area contributed by atoms with Crippen LogP contribution in [0.2, 0.25) is 0 Å². The number of aryl methyl sites for hydroxylation is 1. The van der Waals surface area contributed by atoms with Crippen LogP contribution in [0.4, 0.5) is 0 Å². The van der Waals surface area contributed by atoms with E-state index < -0.39 is 16.7 Å². The van der Waals surface area contributed by atoms with Crippen LogP contribution in [0, 0.1) is 12.3 Å². The average molecular weight is 490 g/mol. The van der Waals surface area contributed by atoms with Gasteiger partial charge in [-0.25, -0.2) is 13.9 Å². The molecular weight excluding hydrogens is 458 g/mol. The fraction of sp³-hybridized carbons (Fsp3) is 0.417. The summed E-state index contributed by atoms with van der Waals surface area (Å²) in [5.74, 6) is 0.761. The van der Waals surface area contributed by atoms with Crippen molar-refractivity contribution in [1.82, 2.24) is 15.0 Å². The van der Waals surface area contributed by atoms with Gasteiger partial charge in [-0.15, -0.1) is 11.3 Å². The number of aromatic nitrogens is 1. The number of methoxy groups -OCH3 is 1. The van der Waals surface area contributed by atoms with Crippen molar-refractivity contribution in [1.29, 1.82) is 0 Å². The number of benzene rings is 1. The van der Waals surface area contributed by atoms with Crippen LogP contribution in [-0.4, -0.2) is 32.8 Å². The normalized spacial score (nSPS) is 17.9. The quantitative estimate of drug-likeness (QED) is 0.467. The molecular formula is C24H31N3O4S2. The van der Waals surface area contributed by atoms with Crippen LogP contribution in [0.5, 0.6) is 5.75 Å². The number of nitrogens with zero attached hydrogens (tertiary/aromatic N) is 1. The van der Waals surface area contributed by atoms with Gasteiger partial charge in [-0.2, -0.15) is 0 Å². The minimum atomic E-state index is -2.06. The van der Waals surface area contributed by atoms with E-state index in [4.69, 9.17) is 14.3 Å². The molecule has 1 heterocycles. The van der Waals surface area contributed by atoms with Crippen molar-refractivity contribution >= 4 is 28.5 Å². The van der Waals surface area contributed by atoms with Gasteiger partial charge in [0.1, 0.15) is 10.8 Å². The molecule has 0 fully saturated rings. The molecule has 0 bridgehead atoms. The van der Waals surface area contributed by atoms with Gasteiger partial charge in [0.15, 0.2) is 0 Å². The zero-order valence-electron chi connectivity index (χ0n) is 19.5. The van der Waals surface area contributed by atoms with E-state index in [9.17, 15) is 9.00 Å². The second-order valence-electron chi connectivity index (χ2n) is 9.08. The van der Waals surface area contributed by atoms with E-state index in [2.05, 4.69) is 10.0 Å². The van der Waals surface area contributed by atoms with Crippen molar-refractivity contribution in [3.63, 3.8) is 0 Å². The van der Waals surface area contributed by atoms with Gasteiger partial charge in [-0.05, 0) is 49.1 Å². The van der Waals surface area contributed by atoms with Crippen molar-refractivity contribution < 1.29 is 18.3 Å². The highest BCUT2D eigenvalue weighted by atomic mass is 32.2. The molecule has 178 valence electrons. The summed E-state index contributed by atoms with van der Waals surface area (Å²) in [6, 6.07) is 5.43. The number of carbonyl (C=O) groups excluding carboxylic acids is 1. The Balaban J connectivity index is 1.83. The van der Waals surface area contributed by atoms with E-state index in [0.29, 0.717) is 12.8 Å². The summed E-state index contributed by atoms with van der Waals surface area (Å²) in [5, 5.41) is 6.02. The van der Waals surface area contributed by atoms with Crippen LogP contribution in [0.15, 0.2) is 47.4 Å². The Morgan fingerprint density at radius 2 is 2.15 bits per heavy atom. The Bertz CT molecular complexity index is 1090. The summed E-state index contributed by atoms with van der Waals surface area (Å²) in [5.41, 5.74) is 3.49. The van der Waals surface area contributed by atoms with Gasteiger partial charge >= 0.3 is 0 Å². The number of amides is 1. The number of rotatable bonds is 8. The number of thiazole rings is 1. The van der Waals surface area contributed by atoms with E-state index in [0.717, 1.165) is 33.2 Å². The summed E-state index contributed by atoms with van der Waals surface area (Å²) < 4.78 is 27.9. The highest BCUT2D eigenvalue weighted by molar-refractivity contribution is 7.77. The molecule has 33 heavy (non-hydrogen) atoms. The Kier molecular flexibility index (Phi) is 8.23. The summed E-state index contributed by atoms with van der Waals surface area (Å²) in [4.78, 5) is 17.7. The average Bonchev–Trinajstić information content (AvgIpc) is 3.23. The first-order valence-corrected chi connectivity index (χ1v) is 12.7. The minimum Gasteiger partial charge on any atom is -0.497 e. The standard InChI is InChI=1S/C24H31N3O4S2/c1-15-12-18(31-5)10-11-19(15)21-14-32-22(25-21)20(26-23(28)24(2,3)4)13-16-6-8-17(9-7-16)27-33(29)30/h6-8,10-12,14,17,20,27H,9,13H2,1-5H3,(H,26,28)(H,29,30)/t17?,20-/m0/s1. The van der Waals surface area contributed by atoms with Crippen molar-refractivity contribution in [3.05, 3.63) is 58.0 Å². The Morgan fingerprint density at radius 1 is 1.39 bits per heavy atom. The predicted octanol–water partition coefficient (Wildman–Crippen LogP) is 4.70. The summed E-state index contributed by atoms with van der Waals surface area (Å²) in [6.07, 6.45) is 7.03. The van der Waals surface area contributed by atoms with Gasteiger partial charge in [0.2, 0.25) is 17.2 Å². The lowest BCUT2D eigenvalue weighted by atomic mass is 9.93. The van der Waals surface area contributed by atoms with Crippen molar-refractivity contribution in [2.45, 2.75) is 52.6 Å². The van der Waals surface area contributed by atoms with E-state index in [1.165, 1.54) is 11.3 Å². The molecule has 3 N–H and O–H groups in total. The monoisotopic (exact) mass is 489 g/mol. The lowest BCUT2D eigenvalue weighted by Crippen LogP contribution is -2.37. The molecule has 3 rings (SSSR count). The SMILES string of the molecule is COc1ccc(-c2csc([C@H](CC3=CCC(NS(=O)O)C=C3)NC(=O)C(C)(C)C)n2)c(C)c1. The maximum absolute atomic E-state index is 12.8.